The molecule has 0 saturated heterocycles. The normalized spacial score (nSPS) is 12.9. The molecule has 0 radical (unpaired) electrons. The summed E-state index contributed by atoms with van der Waals surface area (Å²) >= 11 is 1.40. The van der Waals surface area contributed by atoms with Gasteiger partial charge in [0.25, 0.3) is 10.0 Å². The average Bonchev–Trinajstić information content (AvgIpc) is 2.83. The van der Waals surface area contributed by atoms with Gasteiger partial charge in [-0.15, -0.1) is 11.8 Å². The lowest BCUT2D eigenvalue weighted by atomic mass is 9.95. The monoisotopic (exact) mass is 508 g/mol. The predicted molar refractivity (Wildman–Crippen MR) is 134 cm³/mol. The molecular formula is C24H24N6O3S2. The summed E-state index contributed by atoms with van der Waals surface area (Å²) in [6.45, 7) is 1.74. The van der Waals surface area contributed by atoms with E-state index in [4.69, 9.17) is 0 Å². The number of amides is 1. The Morgan fingerprint density at radius 2 is 1.91 bits per heavy atom. The highest BCUT2D eigenvalue weighted by Gasteiger charge is 2.17. The Bertz CT molecular complexity index is 1390. The van der Waals surface area contributed by atoms with E-state index in [9.17, 15) is 18.5 Å². The van der Waals surface area contributed by atoms with Crippen LogP contribution >= 0.6 is 11.8 Å². The standard InChI is InChI=1S/C24H24N6O3S2/c1-16-10-12-26-24(27-16)30-35(32,33)20-8-6-19(7-9-20)28-22(31)11-13-34-23-18(15-25)14-17-4-2-3-5-21(17)29-23/h6-10,12,14H,2-5,11,13H2,1H3,(H,28,31)(H,26,27,30). The zero-order valence-corrected chi connectivity index (χ0v) is 20.7. The van der Waals surface area contributed by atoms with Crippen molar-refractivity contribution in [3.63, 3.8) is 0 Å². The number of nitrogens with one attached hydrogen (secondary N) is 2. The molecule has 180 valence electrons. The van der Waals surface area contributed by atoms with Crippen LogP contribution in [-0.4, -0.2) is 35.0 Å². The van der Waals surface area contributed by atoms with E-state index in [0.717, 1.165) is 36.9 Å². The number of fused-ring (bicyclic) bond motifs is 1. The number of sulfonamides is 1. The van der Waals surface area contributed by atoms with Gasteiger partial charge in [0.2, 0.25) is 11.9 Å². The fourth-order valence-corrected chi connectivity index (χ4v) is 5.53. The first-order valence-corrected chi connectivity index (χ1v) is 13.6. The number of thioether (sulfide) groups is 1. The van der Waals surface area contributed by atoms with Crippen LogP contribution in [0.4, 0.5) is 11.6 Å². The van der Waals surface area contributed by atoms with E-state index in [1.165, 1.54) is 42.2 Å². The van der Waals surface area contributed by atoms with Gasteiger partial charge in [-0.1, -0.05) is 0 Å². The first-order valence-electron chi connectivity index (χ1n) is 11.1. The van der Waals surface area contributed by atoms with Gasteiger partial charge in [0.1, 0.15) is 11.1 Å². The molecule has 1 aromatic carbocycles. The van der Waals surface area contributed by atoms with E-state index in [1.807, 2.05) is 6.07 Å². The number of aromatic nitrogens is 3. The number of nitriles is 1. The number of anilines is 2. The molecule has 0 saturated carbocycles. The smallest absolute Gasteiger partial charge is 0.264 e. The van der Waals surface area contributed by atoms with Crippen LogP contribution in [0.5, 0.6) is 0 Å². The predicted octanol–water partition coefficient (Wildman–Crippen LogP) is 3.85. The third-order valence-electron chi connectivity index (χ3n) is 5.42. The molecule has 0 atom stereocenters. The second kappa shape index (κ2) is 10.8. The molecule has 0 fully saturated rings. The number of pyridine rings is 1. The van der Waals surface area contributed by atoms with Crippen molar-refractivity contribution in [1.29, 1.82) is 5.26 Å². The van der Waals surface area contributed by atoms with Crippen LogP contribution in [0.25, 0.3) is 0 Å². The van der Waals surface area contributed by atoms with Crippen LogP contribution < -0.4 is 10.0 Å². The summed E-state index contributed by atoms with van der Waals surface area (Å²) in [6.07, 6.45) is 5.81. The van der Waals surface area contributed by atoms with Gasteiger partial charge >= 0.3 is 0 Å². The lowest BCUT2D eigenvalue weighted by Crippen LogP contribution is -2.16. The zero-order chi connectivity index (χ0) is 24.8. The Hall–Kier alpha value is -3.49. The highest BCUT2D eigenvalue weighted by molar-refractivity contribution is 7.99. The maximum atomic E-state index is 12.6. The van der Waals surface area contributed by atoms with Gasteiger partial charge in [0, 0.05) is 35.4 Å². The molecule has 11 heteroatoms. The van der Waals surface area contributed by atoms with Crippen molar-refractivity contribution in [3.8, 4) is 6.07 Å². The molecule has 4 rings (SSSR count). The largest absolute Gasteiger partial charge is 0.326 e. The SMILES string of the molecule is Cc1ccnc(NS(=O)(=O)c2ccc(NC(=O)CCSc3nc4c(cc3C#N)CCCC4)cc2)n1. The van der Waals surface area contributed by atoms with E-state index >= 15 is 0 Å². The highest BCUT2D eigenvalue weighted by Crippen LogP contribution is 2.27. The van der Waals surface area contributed by atoms with Crippen LogP contribution in [-0.2, 0) is 27.7 Å². The van der Waals surface area contributed by atoms with E-state index in [2.05, 4.69) is 31.1 Å². The van der Waals surface area contributed by atoms with Crippen molar-refractivity contribution in [2.24, 2.45) is 0 Å². The van der Waals surface area contributed by atoms with E-state index in [-0.39, 0.29) is 23.2 Å². The molecule has 2 aromatic heterocycles. The average molecular weight is 509 g/mol. The van der Waals surface area contributed by atoms with Crippen LogP contribution in [0.15, 0.2) is 52.5 Å². The Labute approximate surface area is 208 Å². The van der Waals surface area contributed by atoms with Gasteiger partial charge in [0.05, 0.1) is 10.5 Å². The second-order valence-electron chi connectivity index (χ2n) is 8.06. The van der Waals surface area contributed by atoms with Gasteiger partial charge in [-0.05, 0) is 74.6 Å². The van der Waals surface area contributed by atoms with Crippen molar-refractivity contribution in [1.82, 2.24) is 15.0 Å². The van der Waals surface area contributed by atoms with Gasteiger partial charge in [0.15, 0.2) is 0 Å². The van der Waals surface area contributed by atoms with Crippen molar-refractivity contribution < 1.29 is 13.2 Å². The summed E-state index contributed by atoms with van der Waals surface area (Å²) in [5.41, 5.74) is 3.88. The number of benzene rings is 1. The Morgan fingerprint density at radius 3 is 2.66 bits per heavy atom. The second-order valence-corrected chi connectivity index (χ2v) is 10.8. The molecule has 0 aliphatic heterocycles. The molecule has 0 spiro atoms. The maximum Gasteiger partial charge on any atom is 0.264 e. The minimum atomic E-state index is -3.86. The topological polar surface area (TPSA) is 138 Å². The summed E-state index contributed by atoms with van der Waals surface area (Å²) in [5, 5.41) is 12.9. The summed E-state index contributed by atoms with van der Waals surface area (Å²) in [7, 11) is -3.86. The molecule has 0 bridgehead atoms. The molecule has 1 aliphatic carbocycles. The quantitative estimate of drug-likeness (QED) is 0.438. The molecule has 9 nitrogen and oxygen atoms in total. The summed E-state index contributed by atoms with van der Waals surface area (Å²) < 4.78 is 27.4. The number of rotatable bonds is 8. The number of hydrogen-bond donors (Lipinski definition) is 2. The van der Waals surface area contributed by atoms with Crippen molar-refractivity contribution in [2.45, 2.75) is 48.9 Å². The minimum absolute atomic E-state index is 0.00662. The number of carbonyl (C=O) groups excluding carboxylic acids is 1. The fraction of sp³-hybridized carbons (Fsp3) is 0.292. The van der Waals surface area contributed by atoms with Crippen LogP contribution in [0.3, 0.4) is 0 Å². The van der Waals surface area contributed by atoms with E-state index in [1.54, 1.807) is 13.0 Å². The molecule has 2 N–H and O–H groups in total. The first kappa shape index (κ1) is 24.6. The number of nitrogens with zero attached hydrogens (tertiary/aromatic N) is 4. The minimum Gasteiger partial charge on any atom is -0.326 e. The first-order chi connectivity index (χ1) is 16.8. The van der Waals surface area contributed by atoms with E-state index < -0.39 is 10.0 Å². The fourth-order valence-electron chi connectivity index (χ4n) is 3.66. The molecule has 3 aromatic rings. The molecule has 0 unspecified atom stereocenters. The molecule has 1 amide bonds. The van der Waals surface area contributed by atoms with Crippen LogP contribution in [0, 0.1) is 18.3 Å². The molecular weight excluding hydrogens is 484 g/mol. The summed E-state index contributed by atoms with van der Waals surface area (Å²) in [6, 6.07) is 11.7. The zero-order valence-electron chi connectivity index (χ0n) is 19.1. The number of aryl methyl sites for hydroxylation is 3. The Kier molecular flexibility index (Phi) is 7.63. The summed E-state index contributed by atoms with van der Waals surface area (Å²) in [5.74, 6) is 0.253. The van der Waals surface area contributed by atoms with Gasteiger partial charge in [-0.25, -0.2) is 28.1 Å². The van der Waals surface area contributed by atoms with Gasteiger partial charge in [-0.2, -0.15) is 5.26 Å². The summed E-state index contributed by atoms with van der Waals surface area (Å²) in [4.78, 5) is 25.0. The van der Waals surface area contributed by atoms with Crippen molar-refractivity contribution in [2.75, 3.05) is 15.8 Å². The van der Waals surface area contributed by atoms with Crippen molar-refractivity contribution in [3.05, 3.63) is 65.1 Å². The third kappa shape index (κ3) is 6.35. The highest BCUT2D eigenvalue weighted by atomic mass is 32.2. The van der Waals surface area contributed by atoms with Gasteiger partial charge in [-0.3, -0.25) is 4.79 Å². The third-order valence-corrected chi connectivity index (χ3v) is 7.76. The van der Waals surface area contributed by atoms with E-state index in [0.29, 0.717) is 27.7 Å². The molecule has 35 heavy (non-hydrogen) atoms. The lowest BCUT2D eigenvalue weighted by molar-refractivity contribution is -0.115. The lowest BCUT2D eigenvalue weighted by Gasteiger charge is -2.16. The number of carbonyl (C=O) groups is 1. The van der Waals surface area contributed by atoms with Crippen LogP contribution in [0.2, 0.25) is 0 Å². The molecule has 2 heterocycles. The Balaban J connectivity index is 1.32. The van der Waals surface area contributed by atoms with Gasteiger partial charge < -0.3 is 5.32 Å². The maximum absolute atomic E-state index is 12.6. The number of hydrogen-bond acceptors (Lipinski definition) is 8. The molecule has 1 aliphatic rings. The Morgan fingerprint density at radius 1 is 1.14 bits per heavy atom. The van der Waals surface area contributed by atoms with Crippen LogP contribution in [0.1, 0.15) is 41.8 Å². The van der Waals surface area contributed by atoms with Crippen molar-refractivity contribution >= 4 is 39.3 Å².